The number of anilines is 1. The molecule has 1 N–H and O–H groups in total. The van der Waals surface area contributed by atoms with Crippen molar-refractivity contribution >= 4 is 29.4 Å². The summed E-state index contributed by atoms with van der Waals surface area (Å²) in [6, 6.07) is 0. The second-order valence-corrected chi connectivity index (χ2v) is 7.52. The minimum absolute atomic E-state index is 0.0291. The van der Waals surface area contributed by atoms with E-state index in [0.29, 0.717) is 24.2 Å². The van der Waals surface area contributed by atoms with Gasteiger partial charge in [0.05, 0.1) is 35.3 Å². The molecule has 0 bridgehead atoms. The third kappa shape index (κ3) is 4.08. The molecule has 1 fully saturated rings. The van der Waals surface area contributed by atoms with E-state index < -0.39 is 18.0 Å². The highest BCUT2D eigenvalue weighted by Crippen LogP contribution is 2.35. The van der Waals surface area contributed by atoms with Crippen LogP contribution < -0.4 is 5.32 Å². The Morgan fingerprint density at radius 1 is 1.21 bits per heavy atom. The molecule has 1 aromatic rings. The van der Waals surface area contributed by atoms with Gasteiger partial charge in [-0.1, -0.05) is 12.2 Å². The maximum absolute atomic E-state index is 12.4. The van der Waals surface area contributed by atoms with Gasteiger partial charge in [-0.15, -0.1) is 0 Å². The Labute approximate surface area is 169 Å². The molecule has 29 heavy (non-hydrogen) atoms. The highest BCUT2D eigenvalue weighted by atomic mass is 16.5. The van der Waals surface area contributed by atoms with Crippen LogP contribution in [0.15, 0.2) is 12.2 Å². The van der Waals surface area contributed by atoms with Gasteiger partial charge in [-0.2, -0.15) is 5.10 Å². The molecule has 9 heteroatoms. The number of nitrogens with one attached hydrogen (secondary N) is 1. The van der Waals surface area contributed by atoms with Gasteiger partial charge in [-0.25, -0.2) is 0 Å². The summed E-state index contributed by atoms with van der Waals surface area (Å²) in [6.07, 6.45) is 3.78. The number of hydrogen-bond acceptors (Lipinski definition) is 6. The van der Waals surface area contributed by atoms with E-state index in [4.69, 9.17) is 4.74 Å². The van der Waals surface area contributed by atoms with Gasteiger partial charge in [0, 0.05) is 13.6 Å². The zero-order chi connectivity index (χ0) is 21.3. The summed E-state index contributed by atoms with van der Waals surface area (Å²) in [5.41, 5.74) is 2.04. The van der Waals surface area contributed by atoms with Gasteiger partial charge >= 0.3 is 5.97 Å². The molecule has 3 amide bonds. The quantitative estimate of drug-likeness (QED) is 0.436. The van der Waals surface area contributed by atoms with E-state index in [9.17, 15) is 19.2 Å². The van der Waals surface area contributed by atoms with E-state index in [1.54, 1.807) is 18.7 Å². The van der Waals surface area contributed by atoms with Crippen molar-refractivity contribution in [2.24, 2.45) is 18.9 Å². The molecule has 2 aliphatic rings. The second-order valence-electron chi connectivity index (χ2n) is 7.52. The molecule has 0 radical (unpaired) electrons. The van der Waals surface area contributed by atoms with Crippen LogP contribution in [0.3, 0.4) is 0 Å². The van der Waals surface area contributed by atoms with Gasteiger partial charge in [0.15, 0.2) is 6.10 Å². The lowest BCUT2D eigenvalue weighted by Crippen LogP contribution is -2.35. The van der Waals surface area contributed by atoms with Gasteiger partial charge in [0.1, 0.15) is 0 Å². The van der Waals surface area contributed by atoms with E-state index in [1.807, 2.05) is 19.1 Å². The molecule has 156 valence electrons. The molecule has 0 aromatic carbocycles. The number of carbonyl (C=O) groups is 4. The molecule has 0 unspecified atom stereocenters. The molecule has 3 atom stereocenters. The van der Waals surface area contributed by atoms with Crippen molar-refractivity contribution in [1.29, 1.82) is 0 Å². The first-order valence-electron chi connectivity index (χ1n) is 9.71. The lowest BCUT2D eigenvalue weighted by molar-refractivity contribution is -0.154. The molecule has 3 rings (SSSR count). The van der Waals surface area contributed by atoms with Crippen LogP contribution in [0.4, 0.5) is 5.69 Å². The number of imide groups is 1. The van der Waals surface area contributed by atoms with Crippen LogP contribution in [-0.4, -0.2) is 51.0 Å². The Hall–Kier alpha value is -2.97. The average Bonchev–Trinajstić information content (AvgIpc) is 3.07. The van der Waals surface area contributed by atoms with E-state index in [-0.39, 0.29) is 36.6 Å². The van der Waals surface area contributed by atoms with Crippen LogP contribution in [0.5, 0.6) is 0 Å². The normalized spacial score (nSPS) is 21.9. The Bertz CT molecular complexity index is 862. The largest absolute Gasteiger partial charge is 0.452 e. The molecule has 1 saturated heterocycles. The molecule has 1 aliphatic heterocycles. The summed E-state index contributed by atoms with van der Waals surface area (Å²) >= 11 is 0. The van der Waals surface area contributed by atoms with Gasteiger partial charge in [-0.05, 0) is 33.6 Å². The number of hydrogen-bond donors (Lipinski definition) is 1. The van der Waals surface area contributed by atoms with Crippen LogP contribution in [0.2, 0.25) is 0 Å². The van der Waals surface area contributed by atoms with Crippen molar-refractivity contribution in [3.05, 3.63) is 23.5 Å². The smallest absolute Gasteiger partial charge is 0.308 e. The number of rotatable bonds is 6. The summed E-state index contributed by atoms with van der Waals surface area (Å²) in [5, 5.41) is 6.95. The molecular formula is C20H26N4O5. The van der Waals surface area contributed by atoms with Crippen molar-refractivity contribution in [2.75, 3.05) is 11.9 Å². The van der Waals surface area contributed by atoms with E-state index in [0.717, 1.165) is 10.6 Å². The molecule has 0 spiro atoms. The number of aromatic nitrogens is 2. The predicted molar refractivity (Wildman–Crippen MR) is 104 cm³/mol. The minimum atomic E-state index is -1.02. The lowest BCUT2D eigenvalue weighted by atomic mass is 9.85. The third-order valence-electron chi connectivity index (χ3n) is 5.57. The molecule has 1 aliphatic carbocycles. The Morgan fingerprint density at radius 2 is 1.79 bits per heavy atom. The molecular weight excluding hydrogens is 376 g/mol. The highest BCUT2D eigenvalue weighted by molar-refractivity contribution is 6.05. The van der Waals surface area contributed by atoms with E-state index in [1.165, 1.54) is 6.92 Å². The molecule has 1 aromatic heterocycles. The Kier molecular flexibility index (Phi) is 5.86. The number of carbonyl (C=O) groups excluding carboxylic acids is 4. The molecule has 0 saturated carbocycles. The van der Waals surface area contributed by atoms with Crippen molar-refractivity contribution in [1.82, 2.24) is 14.7 Å². The van der Waals surface area contributed by atoms with Crippen molar-refractivity contribution in [2.45, 2.75) is 46.1 Å². The number of nitrogens with zero attached hydrogens (tertiary/aromatic N) is 3. The SMILES string of the molecule is Cc1nn(C)c(C)c1NC(=O)[C@@H](C)OC(=O)CCN1C(=O)[C@H]2CC=CC[C@H]2C1=O. The van der Waals surface area contributed by atoms with Crippen LogP contribution in [0, 0.1) is 25.7 Å². The van der Waals surface area contributed by atoms with Crippen molar-refractivity contribution in [3.8, 4) is 0 Å². The first-order chi connectivity index (χ1) is 13.7. The number of esters is 1. The van der Waals surface area contributed by atoms with Crippen LogP contribution >= 0.6 is 0 Å². The summed E-state index contributed by atoms with van der Waals surface area (Å²) in [4.78, 5) is 50.5. The number of ether oxygens (including phenoxy) is 1. The van der Waals surface area contributed by atoms with E-state index >= 15 is 0 Å². The maximum Gasteiger partial charge on any atom is 0.308 e. The van der Waals surface area contributed by atoms with Gasteiger partial charge in [0.25, 0.3) is 5.91 Å². The second kappa shape index (κ2) is 8.18. The lowest BCUT2D eigenvalue weighted by Gasteiger charge is -2.16. The fourth-order valence-electron chi connectivity index (χ4n) is 3.78. The number of fused-ring (bicyclic) bond motifs is 1. The first kappa shape index (κ1) is 20.8. The highest BCUT2D eigenvalue weighted by Gasteiger charge is 2.47. The number of aryl methyl sites for hydroxylation is 2. The Balaban J connectivity index is 1.51. The fraction of sp³-hybridized carbons (Fsp3) is 0.550. The molecule has 2 heterocycles. The van der Waals surface area contributed by atoms with Gasteiger partial charge < -0.3 is 10.1 Å². The topological polar surface area (TPSA) is 111 Å². The zero-order valence-electron chi connectivity index (χ0n) is 17.1. The Morgan fingerprint density at radius 3 is 2.31 bits per heavy atom. The summed E-state index contributed by atoms with van der Waals surface area (Å²) in [6.45, 7) is 5.04. The standard InChI is InChI=1S/C20H26N4O5/c1-11-17(12(2)23(4)22-11)21-18(26)13(3)29-16(25)9-10-24-19(27)14-7-5-6-8-15(14)20(24)28/h5-6,13-15H,7-10H2,1-4H3,(H,21,26)/t13-,14-,15+/m1/s1. The molecule has 9 nitrogen and oxygen atoms in total. The maximum atomic E-state index is 12.4. The summed E-state index contributed by atoms with van der Waals surface area (Å²) in [5.74, 6) is -2.21. The number of amides is 3. The predicted octanol–water partition coefficient (Wildman–Crippen LogP) is 1.25. The van der Waals surface area contributed by atoms with Crippen LogP contribution in [-0.2, 0) is 31.0 Å². The van der Waals surface area contributed by atoms with Crippen LogP contribution in [0.1, 0.15) is 37.6 Å². The summed E-state index contributed by atoms with van der Waals surface area (Å²) < 4.78 is 6.83. The number of allylic oxidation sites excluding steroid dienone is 2. The van der Waals surface area contributed by atoms with Gasteiger partial charge in [0.2, 0.25) is 11.8 Å². The minimum Gasteiger partial charge on any atom is -0.452 e. The van der Waals surface area contributed by atoms with E-state index in [2.05, 4.69) is 10.4 Å². The third-order valence-corrected chi connectivity index (χ3v) is 5.57. The van der Waals surface area contributed by atoms with Crippen molar-refractivity contribution < 1.29 is 23.9 Å². The average molecular weight is 402 g/mol. The zero-order valence-corrected chi connectivity index (χ0v) is 17.1. The summed E-state index contributed by atoms with van der Waals surface area (Å²) in [7, 11) is 1.77. The number of likely N-dealkylation sites (tertiary alicyclic amines) is 1. The fourth-order valence-corrected chi connectivity index (χ4v) is 3.78. The first-order valence-corrected chi connectivity index (χ1v) is 9.71. The van der Waals surface area contributed by atoms with Crippen molar-refractivity contribution in [3.63, 3.8) is 0 Å². The van der Waals surface area contributed by atoms with Crippen LogP contribution in [0.25, 0.3) is 0 Å². The monoisotopic (exact) mass is 402 g/mol. The van der Waals surface area contributed by atoms with Gasteiger partial charge in [-0.3, -0.25) is 28.8 Å².